The van der Waals surface area contributed by atoms with Gasteiger partial charge in [0.15, 0.2) is 11.2 Å². The number of hydrogen-bond acceptors (Lipinski definition) is 3. The topological polar surface area (TPSA) is 26.3 Å². The molecule has 0 aromatic heterocycles. The van der Waals surface area contributed by atoms with Gasteiger partial charge in [-0.3, -0.25) is 4.79 Å². The van der Waals surface area contributed by atoms with Gasteiger partial charge in [-0.1, -0.05) is 36.9 Å². The number of rotatable bonds is 6. The first-order valence-corrected chi connectivity index (χ1v) is 5.93. The largest absolute Gasteiger partial charge is 0.363 e. The molecule has 1 rings (SSSR count). The molecule has 1 aromatic carbocycles. The zero-order chi connectivity index (χ0) is 11.1. The first-order chi connectivity index (χ1) is 7.27. The van der Waals surface area contributed by atoms with E-state index in [-0.39, 0.29) is 11.2 Å². The molecule has 1 atom stereocenters. The fraction of sp³-hybridized carbons (Fsp3) is 0.417. The van der Waals surface area contributed by atoms with Gasteiger partial charge in [-0.25, -0.2) is 0 Å². The summed E-state index contributed by atoms with van der Waals surface area (Å²) in [5.74, 6) is 0.161. The second-order valence-electron chi connectivity index (χ2n) is 3.21. The Morgan fingerprint density at radius 3 is 2.60 bits per heavy atom. The molecule has 0 spiro atoms. The molecule has 3 heteroatoms. The molecule has 1 aromatic rings. The standard InChI is InChI=1S/C12H16O2S/c1-3-7-11(13)12(14-2)15-10-8-5-4-6-9-10/h4-6,8-9,12H,3,7H2,1-2H3. The van der Waals surface area contributed by atoms with Crippen molar-refractivity contribution < 1.29 is 9.53 Å². The maximum absolute atomic E-state index is 11.6. The highest BCUT2D eigenvalue weighted by molar-refractivity contribution is 8.00. The molecule has 0 fully saturated rings. The average Bonchev–Trinajstić information content (AvgIpc) is 2.27. The molecule has 0 N–H and O–H groups in total. The van der Waals surface area contributed by atoms with Crippen molar-refractivity contribution in [3.63, 3.8) is 0 Å². The van der Waals surface area contributed by atoms with Gasteiger partial charge in [0.05, 0.1) is 0 Å². The molecule has 15 heavy (non-hydrogen) atoms. The van der Waals surface area contributed by atoms with Crippen LogP contribution in [0.4, 0.5) is 0 Å². The minimum atomic E-state index is -0.368. The SMILES string of the molecule is CCCC(=O)C(OC)Sc1ccccc1. The van der Waals surface area contributed by atoms with Gasteiger partial charge >= 0.3 is 0 Å². The van der Waals surface area contributed by atoms with E-state index in [1.54, 1.807) is 7.11 Å². The Kier molecular flexibility index (Phi) is 5.43. The highest BCUT2D eigenvalue weighted by Gasteiger charge is 2.17. The van der Waals surface area contributed by atoms with E-state index in [0.717, 1.165) is 11.3 Å². The van der Waals surface area contributed by atoms with Gasteiger partial charge in [0, 0.05) is 18.4 Å². The van der Waals surface area contributed by atoms with Gasteiger partial charge in [0.2, 0.25) is 0 Å². The number of ether oxygens (including phenoxy) is 1. The van der Waals surface area contributed by atoms with Crippen LogP contribution in [0.5, 0.6) is 0 Å². The smallest absolute Gasteiger partial charge is 0.172 e. The predicted octanol–water partition coefficient (Wildman–Crippen LogP) is 3.12. The van der Waals surface area contributed by atoms with Crippen molar-refractivity contribution in [1.82, 2.24) is 0 Å². The summed E-state index contributed by atoms with van der Waals surface area (Å²) in [6, 6.07) is 9.84. The third-order valence-electron chi connectivity index (χ3n) is 1.96. The normalized spacial score (nSPS) is 12.4. The van der Waals surface area contributed by atoms with Crippen LogP contribution in [0.15, 0.2) is 35.2 Å². The summed E-state index contributed by atoms with van der Waals surface area (Å²) < 4.78 is 5.18. The van der Waals surface area contributed by atoms with Crippen molar-refractivity contribution in [2.75, 3.05) is 7.11 Å². The highest BCUT2D eigenvalue weighted by atomic mass is 32.2. The number of Topliss-reactive ketones (excluding diaryl/α,β-unsaturated/α-hetero) is 1. The number of benzene rings is 1. The number of ketones is 1. The van der Waals surface area contributed by atoms with Gasteiger partial charge < -0.3 is 4.74 Å². The van der Waals surface area contributed by atoms with Crippen LogP contribution in [-0.4, -0.2) is 18.3 Å². The summed E-state index contributed by atoms with van der Waals surface area (Å²) in [4.78, 5) is 12.7. The van der Waals surface area contributed by atoms with Crippen molar-refractivity contribution in [2.24, 2.45) is 0 Å². The molecule has 2 nitrogen and oxygen atoms in total. The van der Waals surface area contributed by atoms with Crippen LogP contribution in [-0.2, 0) is 9.53 Å². The number of thioether (sulfide) groups is 1. The van der Waals surface area contributed by atoms with E-state index in [2.05, 4.69) is 0 Å². The van der Waals surface area contributed by atoms with Crippen molar-refractivity contribution in [3.05, 3.63) is 30.3 Å². The molecule has 82 valence electrons. The Balaban J connectivity index is 2.58. The number of methoxy groups -OCH3 is 1. The van der Waals surface area contributed by atoms with Crippen LogP contribution in [0.3, 0.4) is 0 Å². The monoisotopic (exact) mass is 224 g/mol. The first-order valence-electron chi connectivity index (χ1n) is 5.05. The van der Waals surface area contributed by atoms with Crippen LogP contribution in [0, 0.1) is 0 Å². The van der Waals surface area contributed by atoms with Gasteiger partial charge in [0.1, 0.15) is 0 Å². The molecular formula is C12H16O2S. The van der Waals surface area contributed by atoms with Crippen molar-refractivity contribution in [1.29, 1.82) is 0 Å². The Morgan fingerprint density at radius 2 is 2.07 bits per heavy atom. The Morgan fingerprint density at radius 1 is 1.40 bits per heavy atom. The fourth-order valence-electron chi connectivity index (χ4n) is 1.23. The number of carbonyl (C=O) groups is 1. The molecule has 0 heterocycles. The van der Waals surface area contributed by atoms with Gasteiger partial charge in [-0.15, -0.1) is 0 Å². The molecule has 0 saturated carbocycles. The van der Waals surface area contributed by atoms with Crippen molar-refractivity contribution in [2.45, 2.75) is 30.1 Å². The van der Waals surface area contributed by atoms with Gasteiger partial charge in [-0.2, -0.15) is 0 Å². The van der Waals surface area contributed by atoms with Crippen LogP contribution in [0.25, 0.3) is 0 Å². The van der Waals surface area contributed by atoms with Crippen molar-refractivity contribution in [3.8, 4) is 0 Å². The molecular weight excluding hydrogens is 208 g/mol. The maximum atomic E-state index is 11.6. The first kappa shape index (κ1) is 12.3. The van der Waals surface area contributed by atoms with E-state index in [9.17, 15) is 4.79 Å². The lowest BCUT2D eigenvalue weighted by Gasteiger charge is -2.12. The fourth-order valence-corrected chi connectivity index (χ4v) is 2.14. The Labute approximate surface area is 95.0 Å². The summed E-state index contributed by atoms with van der Waals surface area (Å²) in [5.41, 5.74) is -0.368. The lowest BCUT2D eigenvalue weighted by molar-refractivity contribution is -0.124. The van der Waals surface area contributed by atoms with E-state index in [4.69, 9.17) is 4.74 Å². The summed E-state index contributed by atoms with van der Waals surface area (Å²) in [6.45, 7) is 2.00. The summed E-state index contributed by atoms with van der Waals surface area (Å²) >= 11 is 1.46. The van der Waals surface area contributed by atoms with Crippen LogP contribution in [0.1, 0.15) is 19.8 Å². The van der Waals surface area contributed by atoms with Crippen LogP contribution < -0.4 is 0 Å². The second kappa shape index (κ2) is 6.64. The van der Waals surface area contributed by atoms with E-state index in [1.807, 2.05) is 37.3 Å². The summed E-state index contributed by atoms with van der Waals surface area (Å²) in [6.07, 6.45) is 1.45. The van der Waals surface area contributed by atoms with E-state index >= 15 is 0 Å². The van der Waals surface area contributed by atoms with Crippen LogP contribution >= 0.6 is 11.8 Å². The van der Waals surface area contributed by atoms with E-state index in [1.165, 1.54) is 11.8 Å². The lowest BCUT2D eigenvalue weighted by Crippen LogP contribution is -2.18. The summed E-state index contributed by atoms with van der Waals surface area (Å²) in [5, 5.41) is 0. The van der Waals surface area contributed by atoms with E-state index < -0.39 is 0 Å². The maximum Gasteiger partial charge on any atom is 0.172 e. The molecule has 0 aliphatic rings. The highest BCUT2D eigenvalue weighted by Crippen LogP contribution is 2.24. The van der Waals surface area contributed by atoms with Crippen LogP contribution in [0.2, 0.25) is 0 Å². The predicted molar refractivity (Wildman–Crippen MR) is 63.0 cm³/mol. The second-order valence-corrected chi connectivity index (χ2v) is 4.35. The Hall–Kier alpha value is -0.800. The Bertz CT molecular complexity index is 298. The van der Waals surface area contributed by atoms with Gasteiger partial charge in [0.25, 0.3) is 0 Å². The minimum absolute atomic E-state index is 0.161. The molecule has 1 unspecified atom stereocenters. The zero-order valence-corrected chi connectivity index (χ0v) is 9.92. The molecule has 0 bridgehead atoms. The zero-order valence-electron chi connectivity index (χ0n) is 9.10. The molecule has 0 aliphatic carbocycles. The third-order valence-corrected chi connectivity index (χ3v) is 3.17. The summed E-state index contributed by atoms with van der Waals surface area (Å²) in [7, 11) is 1.58. The van der Waals surface area contributed by atoms with Crippen molar-refractivity contribution >= 4 is 17.5 Å². The third kappa shape index (κ3) is 4.06. The average molecular weight is 224 g/mol. The number of hydrogen-bond donors (Lipinski definition) is 0. The van der Waals surface area contributed by atoms with E-state index in [0.29, 0.717) is 6.42 Å². The molecule has 0 radical (unpaired) electrons. The molecule has 0 aliphatic heterocycles. The van der Waals surface area contributed by atoms with Gasteiger partial charge in [-0.05, 0) is 18.6 Å². The molecule has 0 amide bonds. The molecule has 0 saturated heterocycles. The minimum Gasteiger partial charge on any atom is -0.363 e. The lowest BCUT2D eigenvalue weighted by atomic mass is 10.2. The number of carbonyl (C=O) groups excluding carboxylic acids is 1. The quantitative estimate of drug-likeness (QED) is 0.548.